The first-order valence-electron chi connectivity index (χ1n) is 6.24. The fourth-order valence-electron chi connectivity index (χ4n) is 1.59. The van der Waals surface area contributed by atoms with Crippen LogP contribution in [0.4, 0.5) is 4.79 Å². The number of ether oxygens (including phenoxy) is 1. The number of aromatic carboxylic acids is 1. The van der Waals surface area contributed by atoms with Gasteiger partial charge in [-0.1, -0.05) is 6.07 Å². The fourth-order valence-corrected chi connectivity index (χ4v) is 1.59. The third kappa shape index (κ3) is 5.27. The fraction of sp³-hybridized carbons (Fsp3) is 0.429. The van der Waals surface area contributed by atoms with Crippen LogP contribution in [0.3, 0.4) is 0 Å². The van der Waals surface area contributed by atoms with E-state index in [4.69, 9.17) is 15.6 Å². The zero-order chi connectivity index (χ0) is 15.3. The molecule has 1 aromatic rings. The van der Waals surface area contributed by atoms with Crippen molar-refractivity contribution in [3.05, 3.63) is 34.9 Å². The Morgan fingerprint density at radius 1 is 1.25 bits per heavy atom. The van der Waals surface area contributed by atoms with Gasteiger partial charge in [-0.2, -0.15) is 0 Å². The molecular formula is C14H20N2O4. The third-order valence-electron chi connectivity index (χ3n) is 2.37. The van der Waals surface area contributed by atoms with E-state index in [-0.39, 0.29) is 18.7 Å². The van der Waals surface area contributed by atoms with Gasteiger partial charge in [0.2, 0.25) is 0 Å². The molecular weight excluding hydrogens is 260 g/mol. The summed E-state index contributed by atoms with van der Waals surface area (Å²) in [4.78, 5) is 22.5. The molecule has 0 radical (unpaired) electrons. The monoisotopic (exact) mass is 280 g/mol. The minimum absolute atomic E-state index is 0.147. The highest BCUT2D eigenvalue weighted by atomic mass is 16.6. The molecule has 1 rings (SSSR count). The summed E-state index contributed by atoms with van der Waals surface area (Å²) in [5.41, 5.74) is 6.46. The SMILES string of the molecule is CC(C)(C)OC(=O)NCc1cc(CN)cc(C(=O)O)c1. The summed E-state index contributed by atoms with van der Waals surface area (Å²) < 4.78 is 5.10. The van der Waals surface area contributed by atoms with Crippen molar-refractivity contribution in [3.8, 4) is 0 Å². The molecule has 0 saturated carbocycles. The van der Waals surface area contributed by atoms with Crippen molar-refractivity contribution in [2.24, 2.45) is 5.73 Å². The Bertz CT molecular complexity index is 506. The lowest BCUT2D eigenvalue weighted by molar-refractivity contribution is 0.0523. The summed E-state index contributed by atoms with van der Waals surface area (Å²) in [6.45, 7) is 5.72. The number of carbonyl (C=O) groups excluding carboxylic acids is 1. The van der Waals surface area contributed by atoms with E-state index < -0.39 is 17.7 Å². The van der Waals surface area contributed by atoms with Crippen LogP contribution in [-0.2, 0) is 17.8 Å². The molecule has 0 aliphatic carbocycles. The second-order valence-electron chi connectivity index (χ2n) is 5.40. The third-order valence-corrected chi connectivity index (χ3v) is 2.37. The van der Waals surface area contributed by atoms with Gasteiger partial charge in [-0.3, -0.25) is 0 Å². The Balaban J connectivity index is 2.75. The number of carboxylic acid groups (broad SMARTS) is 1. The number of carboxylic acids is 1. The second kappa shape index (κ2) is 6.38. The number of hydrogen-bond acceptors (Lipinski definition) is 4. The van der Waals surface area contributed by atoms with Crippen molar-refractivity contribution in [2.75, 3.05) is 0 Å². The molecule has 0 spiro atoms. The molecule has 0 aliphatic heterocycles. The zero-order valence-corrected chi connectivity index (χ0v) is 11.9. The molecule has 1 aromatic carbocycles. The lowest BCUT2D eigenvalue weighted by Crippen LogP contribution is -2.32. The molecule has 0 bridgehead atoms. The maximum absolute atomic E-state index is 11.5. The van der Waals surface area contributed by atoms with E-state index in [1.54, 1.807) is 26.8 Å². The zero-order valence-electron chi connectivity index (χ0n) is 11.9. The van der Waals surface area contributed by atoms with Gasteiger partial charge < -0.3 is 20.9 Å². The van der Waals surface area contributed by atoms with Crippen LogP contribution in [0.2, 0.25) is 0 Å². The number of nitrogens with two attached hydrogens (primary N) is 1. The number of hydrogen-bond donors (Lipinski definition) is 3. The molecule has 0 fully saturated rings. The predicted molar refractivity (Wildman–Crippen MR) is 74.4 cm³/mol. The lowest BCUT2D eigenvalue weighted by atomic mass is 10.1. The van der Waals surface area contributed by atoms with E-state index >= 15 is 0 Å². The molecule has 4 N–H and O–H groups in total. The van der Waals surface area contributed by atoms with E-state index in [1.807, 2.05) is 0 Å². The normalized spacial score (nSPS) is 11.0. The van der Waals surface area contributed by atoms with Crippen LogP contribution >= 0.6 is 0 Å². The van der Waals surface area contributed by atoms with Crippen molar-refractivity contribution in [3.63, 3.8) is 0 Å². The largest absolute Gasteiger partial charge is 0.478 e. The Morgan fingerprint density at radius 3 is 2.35 bits per heavy atom. The molecule has 0 atom stereocenters. The molecule has 110 valence electrons. The van der Waals surface area contributed by atoms with Crippen LogP contribution in [0.5, 0.6) is 0 Å². The van der Waals surface area contributed by atoms with E-state index in [0.29, 0.717) is 11.1 Å². The molecule has 6 nitrogen and oxygen atoms in total. The van der Waals surface area contributed by atoms with Gasteiger partial charge in [-0.05, 0) is 44.0 Å². The van der Waals surface area contributed by atoms with Gasteiger partial charge in [0.05, 0.1) is 5.56 Å². The van der Waals surface area contributed by atoms with Crippen molar-refractivity contribution in [1.29, 1.82) is 0 Å². The van der Waals surface area contributed by atoms with Gasteiger partial charge in [0.15, 0.2) is 0 Å². The number of amides is 1. The number of nitrogens with one attached hydrogen (secondary N) is 1. The quantitative estimate of drug-likeness (QED) is 0.781. The van der Waals surface area contributed by atoms with Gasteiger partial charge in [0, 0.05) is 13.1 Å². The Labute approximate surface area is 117 Å². The first-order chi connectivity index (χ1) is 9.21. The number of carbonyl (C=O) groups is 2. The minimum atomic E-state index is -1.03. The molecule has 0 unspecified atom stereocenters. The molecule has 6 heteroatoms. The average molecular weight is 280 g/mol. The van der Waals surface area contributed by atoms with E-state index in [1.165, 1.54) is 12.1 Å². The molecule has 1 amide bonds. The summed E-state index contributed by atoms with van der Waals surface area (Å²) in [6, 6.07) is 4.77. The average Bonchev–Trinajstić information content (AvgIpc) is 2.33. The van der Waals surface area contributed by atoms with Gasteiger partial charge in [0.1, 0.15) is 5.60 Å². The molecule has 0 aliphatic rings. The second-order valence-corrected chi connectivity index (χ2v) is 5.40. The summed E-state index contributed by atoms with van der Waals surface area (Å²) in [7, 11) is 0. The van der Waals surface area contributed by atoms with E-state index in [0.717, 1.165) is 0 Å². The molecule has 0 saturated heterocycles. The molecule has 0 aromatic heterocycles. The van der Waals surface area contributed by atoms with Crippen LogP contribution in [0.1, 0.15) is 42.3 Å². The number of alkyl carbamates (subject to hydrolysis) is 1. The smallest absolute Gasteiger partial charge is 0.407 e. The Kier molecular flexibility index (Phi) is 5.10. The van der Waals surface area contributed by atoms with Gasteiger partial charge >= 0.3 is 12.1 Å². The summed E-state index contributed by atoms with van der Waals surface area (Å²) in [5, 5.41) is 11.6. The van der Waals surface area contributed by atoms with Gasteiger partial charge in [-0.25, -0.2) is 9.59 Å². The van der Waals surface area contributed by atoms with Crippen molar-refractivity contribution < 1.29 is 19.4 Å². The molecule has 20 heavy (non-hydrogen) atoms. The standard InChI is InChI=1S/C14H20N2O4/c1-14(2,3)20-13(19)16-8-10-4-9(7-15)5-11(6-10)12(17)18/h4-6H,7-8,15H2,1-3H3,(H,16,19)(H,17,18). The first kappa shape index (κ1) is 16.0. The van der Waals surface area contributed by atoms with Crippen molar-refractivity contribution in [2.45, 2.75) is 39.5 Å². The van der Waals surface area contributed by atoms with Gasteiger partial charge in [-0.15, -0.1) is 0 Å². The summed E-state index contributed by atoms with van der Waals surface area (Å²) in [6.07, 6.45) is -0.549. The van der Waals surface area contributed by atoms with Crippen LogP contribution in [-0.4, -0.2) is 22.8 Å². The highest BCUT2D eigenvalue weighted by molar-refractivity contribution is 5.88. The van der Waals surface area contributed by atoms with Crippen molar-refractivity contribution in [1.82, 2.24) is 5.32 Å². The maximum atomic E-state index is 11.5. The highest BCUT2D eigenvalue weighted by Gasteiger charge is 2.16. The maximum Gasteiger partial charge on any atom is 0.407 e. The molecule has 0 heterocycles. The topological polar surface area (TPSA) is 102 Å². The van der Waals surface area contributed by atoms with Crippen molar-refractivity contribution >= 4 is 12.1 Å². The lowest BCUT2D eigenvalue weighted by Gasteiger charge is -2.19. The number of benzene rings is 1. The van der Waals surface area contributed by atoms with Crippen LogP contribution < -0.4 is 11.1 Å². The summed E-state index contributed by atoms with van der Waals surface area (Å²) in [5.74, 6) is -1.03. The predicted octanol–water partition coefficient (Wildman–Crippen LogP) is 1.87. The summed E-state index contributed by atoms with van der Waals surface area (Å²) >= 11 is 0. The Hall–Kier alpha value is -2.08. The highest BCUT2D eigenvalue weighted by Crippen LogP contribution is 2.11. The Morgan fingerprint density at radius 2 is 1.85 bits per heavy atom. The van der Waals surface area contributed by atoms with Crippen LogP contribution in [0.15, 0.2) is 18.2 Å². The van der Waals surface area contributed by atoms with Crippen LogP contribution in [0.25, 0.3) is 0 Å². The number of rotatable bonds is 4. The first-order valence-corrected chi connectivity index (χ1v) is 6.24. The van der Waals surface area contributed by atoms with Gasteiger partial charge in [0.25, 0.3) is 0 Å². The van der Waals surface area contributed by atoms with Crippen LogP contribution in [0, 0.1) is 0 Å². The van der Waals surface area contributed by atoms with E-state index in [9.17, 15) is 9.59 Å². The minimum Gasteiger partial charge on any atom is -0.478 e. The van der Waals surface area contributed by atoms with E-state index in [2.05, 4.69) is 5.32 Å².